The zero-order valence-corrected chi connectivity index (χ0v) is 16.2. The van der Waals surface area contributed by atoms with Crippen molar-refractivity contribution in [1.29, 1.82) is 0 Å². The number of alkyl carbamates (subject to hydrolysis) is 1. The molecule has 0 radical (unpaired) electrons. The number of hydrogen-bond acceptors (Lipinski definition) is 3. The Hall–Kier alpha value is -1.31. The number of ether oxygens (including phenoxy) is 1. The van der Waals surface area contributed by atoms with Gasteiger partial charge in [-0.2, -0.15) is 0 Å². The predicted molar refractivity (Wildman–Crippen MR) is 100 cm³/mol. The van der Waals surface area contributed by atoms with Crippen LogP contribution in [0.15, 0.2) is 24.3 Å². The lowest BCUT2D eigenvalue weighted by atomic mass is 9.76. The van der Waals surface area contributed by atoms with Gasteiger partial charge in [-0.05, 0) is 78.8 Å². The first-order chi connectivity index (χ1) is 11.3. The Morgan fingerprint density at radius 3 is 2.83 bits per heavy atom. The molecule has 132 valence electrons. The Kier molecular flexibility index (Phi) is 6.48. The number of carbonyl (C=O) groups excluding carboxylic acids is 1. The van der Waals surface area contributed by atoms with E-state index in [2.05, 4.69) is 34.8 Å². The molecule has 1 amide bonds. The minimum absolute atomic E-state index is 0.0847. The summed E-state index contributed by atoms with van der Waals surface area (Å²) in [6, 6.07) is 7.80. The Morgan fingerprint density at radius 1 is 1.50 bits per heavy atom. The van der Waals surface area contributed by atoms with Crippen LogP contribution >= 0.6 is 22.6 Å². The van der Waals surface area contributed by atoms with Gasteiger partial charge in [0.1, 0.15) is 6.61 Å². The number of hydrogen-bond donors (Lipinski definition) is 2. The van der Waals surface area contributed by atoms with Crippen LogP contribution in [0.2, 0.25) is 0 Å². The average Bonchev–Trinajstić information content (AvgIpc) is 2.96. The van der Waals surface area contributed by atoms with Gasteiger partial charge in [0, 0.05) is 3.57 Å². The number of carbonyl (C=O) groups is 2. The van der Waals surface area contributed by atoms with Crippen LogP contribution in [0.4, 0.5) is 4.79 Å². The molecule has 1 aromatic carbocycles. The van der Waals surface area contributed by atoms with Gasteiger partial charge in [-0.15, -0.1) is 0 Å². The number of carboxylic acids is 1. The molecule has 0 saturated carbocycles. The van der Waals surface area contributed by atoms with Gasteiger partial charge in [-0.25, -0.2) is 4.79 Å². The van der Waals surface area contributed by atoms with Gasteiger partial charge in [-0.1, -0.05) is 19.1 Å². The second kappa shape index (κ2) is 8.18. The number of amides is 1. The molecule has 1 aromatic rings. The van der Waals surface area contributed by atoms with E-state index < -0.39 is 11.4 Å². The fourth-order valence-corrected chi connectivity index (χ4v) is 3.50. The summed E-state index contributed by atoms with van der Waals surface area (Å²) in [4.78, 5) is 22.9. The highest BCUT2D eigenvalue weighted by molar-refractivity contribution is 14.1. The maximum atomic E-state index is 11.9. The van der Waals surface area contributed by atoms with Gasteiger partial charge in [0.2, 0.25) is 0 Å². The third-order valence-corrected chi connectivity index (χ3v) is 5.49. The number of nitrogens with one attached hydrogen (secondary N) is 1. The summed E-state index contributed by atoms with van der Waals surface area (Å²) in [5, 5.41) is 12.5. The van der Waals surface area contributed by atoms with Crippen LogP contribution < -0.4 is 5.32 Å². The van der Waals surface area contributed by atoms with E-state index in [0.29, 0.717) is 18.9 Å². The Morgan fingerprint density at radius 2 is 2.25 bits per heavy atom. The van der Waals surface area contributed by atoms with Gasteiger partial charge in [0.05, 0.1) is 11.5 Å². The Bertz CT molecular complexity index is 606. The van der Waals surface area contributed by atoms with E-state index in [1.54, 1.807) is 6.92 Å². The zero-order valence-electron chi connectivity index (χ0n) is 14.0. The lowest BCUT2D eigenvalue weighted by molar-refractivity contribution is -0.143. The van der Waals surface area contributed by atoms with E-state index >= 15 is 0 Å². The van der Waals surface area contributed by atoms with E-state index in [-0.39, 0.29) is 12.1 Å². The minimum atomic E-state index is -0.875. The number of halogens is 1. The first-order valence-corrected chi connectivity index (χ1v) is 9.32. The number of cyclic esters (lactones) is 1. The van der Waals surface area contributed by atoms with Crippen LogP contribution in [0.5, 0.6) is 0 Å². The first-order valence-electron chi connectivity index (χ1n) is 8.24. The maximum absolute atomic E-state index is 11.9. The van der Waals surface area contributed by atoms with Crippen molar-refractivity contribution < 1.29 is 19.4 Å². The van der Waals surface area contributed by atoms with E-state index in [1.807, 2.05) is 24.3 Å². The second-order valence-corrected chi connectivity index (χ2v) is 8.05. The Balaban J connectivity index is 1.91. The molecule has 5 nitrogen and oxygen atoms in total. The molecule has 0 aromatic heterocycles. The largest absolute Gasteiger partial charge is 0.481 e. The van der Waals surface area contributed by atoms with Crippen LogP contribution in [0.3, 0.4) is 0 Å². The van der Waals surface area contributed by atoms with Gasteiger partial charge in [-0.3, -0.25) is 4.79 Å². The molecule has 0 aliphatic carbocycles. The molecular formula is C18H24INO4. The zero-order chi connectivity index (χ0) is 17.7. The van der Waals surface area contributed by atoms with Crippen LogP contribution in [-0.4, -0.2) is 29.8 Å². The lowest BCUT2D eigenvalue weighted by Gasteiger charge is -2.27. The van der Waals surface area contributed by atoms with E-state index in [0.717, 1.165) is 28.4 Å². The molecule has 2 N–H and O–H groups in total. The average molecular weight is 445 g/mol. The quantitative estimate of drug-likeness (QED) is 0.595. The van der Waals surface area contributed by atoms with Crippen molar-refractivity contribution in [2.45, 2.75) is 51.0 Å². The fraction of sp³-hybridized carbons (Fsp3) is 0.556. The molecule has 0 spiro atoms. The third kappa shape index (κ3) is 4.84. The molecule has 1 aliphatic heterocycles. The number of rotatable bonds is 8. The number of carboxylic acid groups (broad SMARTS) is 1. The summed E-state index contributed by atoms with van der Waals surface area (Å²) >= 11 is 2.21. The van der Waals surface area contributed by atoms with Crippen molar-refractivity contribution in [3.63, 3.8) is 0 Å². The van der Waals surface area contributed by atoms with Gasteiger partial charge >= 0.3 is 12.1 Å². The molecule has 1 fully saturated rings. The molecule has 3 unspecified atom stereocenters. The SMILES string of the molecule is CC(CCC1COC(=O)N1)CCC(C)(C(=O)O)c1cccc(I)c1. The summed E-state index contributed by atoms with van der Waals surface area (Å²) in [6.07, 6.45) is 2.88. The normalized spacial score (nSPS) is 20.8. The molecule has 1 saturated heterocycles. The predicted octanol–water partition coefficient (Wildman–Crippen LogP) is 3.94. The lowest BCUT2D eigenvalue weighted by Crippen LogP contribution is -2.33. The topological polar surface area (TPSA) is 75.6 Å². The molecule has 1 heterocycles. The number of benzene rings is 1. The smallest absolute Gasteiger partial charge is 0.407 e. The van der Waals surface area contributed by atoms with Gasteiger partial charge < -0.3 is 15.2 Å². The molecule has 1 aliphatic rings. The molecule has 24 heavy (non-hydrogen) atoms. The summed E-state index contributed by atoms with van der Waals surface area (Å²) in [5.41, 5.74) is -0.0225. The van der Waals surface area contributed by atoms with Crippen molar-refractivity contribution in [2.24, 2.45) is 5.92 Å². The molecule has 6 heteroatoms. The van der Waals surface area contributed by atoms with Crippen molar-refractivity contribution in [1.82, 2.24) is 5.32 Å². The standard InChI is InChI=1S/C18H24INO4/c1-12(6-7-15-11-24-17(23)20-15)8-9-18(2,16(21)22)13-4-3-5-14(19)10-13/h3-5,10,12,15H,6-9,11H2,1-2H3,(H,20,23)(H,21,22). The first kappa shape index (κ1) is 19.0. The second-order valence-electron chi connectivity index (χ2n) is 6.81. The fourth-order valence-electron chi connectivity index (χ4n) is 2.95. The van der Waals surface area contributed by atoms with Crippen LogP contribution in [0, 0.1) is 9.49 Å². The van der Waals surface area contributed by atoms with Gasteiger partial charge in [0.15, 0.2) is 0 Å². The highest BCUT2D eigenvalue weighted by atomic mass is 127. The molecule has 0 bridgehead atoms. The minimum Gasteiger partial charge on any atom is -0.481 e. The van der Waals surface area contributed by atoms with E-state index in [9.17, 15) is 14.7 Å². The highest BCUT2D eigenvalue weighted by Gasteiger charge is 2.35. The van der Waals surface area contributed by atoms with Crippen molar-refractivity contribution in [3.8, 4) is 0 Å². The summed E-state index contributed by atoms with van der Waals surface area (Å²) in [7, 11) is 0. The monoisotopic (exact) mass is 445 g/mol. The van der Waals surface area contributed by atoms with E-state index in [4.69, 9.17) is 4.74 Å². The van der Waals surface area contributed by atoms with Crippen molar-refractivity contribution in [3.05, 3.63) is 33.4 Å². The summed E-state index contributed by atoms with van der Waals surface area (Å²) in [6.45, 7) is 4.37. The summed E-state index contributed by atoms with van der Waals surface area (Å²) < 4.78 is 5.93. The maximum Gasteiger partial charge on any atom is 0.407 e. The van der Waals surface area contributed by atoms with Crippen LogP contribution in [0.1, 0.15) is 45.1 Å². The third-order valence-electron chi connectivity index (χ3n) is 4.82. The summed E-state index contributed by atoms with van der Waals surface area (Å²) in [5.74, 6) is -0.392. The van der Waals surface area contributed by atoms with E-state index in [1.165, 1.54) is 0 Å². The van der Waals surface area contributed by atoms with Gasteiger partial charge in [0.25, 0.3) is 0 Å². The van der Waals surface area contributed by atoms with Crippen LogP contribution in [0.25, 0.3) is 0 Å². The number of aliphatic carboxylic acids is 1. The van der Waals surface area contributed by atoms with Crippen molar-refractivity contribution >= 4 is 34.7 Å². The molecule has 2 rings (SSSR count). The molecular weight excluding hydrogens is 421 g/mol. The van der Waals surface area contributed by atoms with Crippen molar-refractivity contribution in [2.75, 3.05) is 6.61 Å². The Labute approximate surface area is 156 Å². The molecule has 3 atom stereocenters. The highest BCUT2D eigenvalue weighted by Crippen LogP contribution is 2.32. The van der Waals surface area contributed by atoms with Crippen LogP contribution in [-0.2, 0) is 14.9 Å².